The highest BCUT2D eigenvalue weighted by Gasteiger charge is 2.34. The summed E-state index contributed by atoms with van der Waals surface area (Å²) in [6.45, 7) is 0.786. The van der Waals surface area contributed by atoms with E-state index in [4.69, 9.17) is 14.2 Å². The van der Waals surface area contributed by atoms with Gasteiger partial charge in [-0.3, -0.25) is 14.5 Å². The largest absolute Gasteiger partial charge is 0.487 e. The highest BCUT2D eigenvalue weighted by molar-refractivity contribution is 5.94. The van der Waals surface area contributed by atoms with Crippen molar-refractivity contribution in [3.63, 3.8) is 0 Å². The lowest BCUT2D eigenvalue weighted by molar-refractivity contribution is -0.118. The van der Waals surface area contributed by atoms with E-state index < -0.39 is 18.0 Å². The maximum absolute atomic E-state index is 14.4. The Balaban J connectivity index is 1.15. The first-order chi connectivity index (χ1) is 16.9. The van der Waals surface area contributed by atoms with E-state index >= 15 is 0 Å². The summed E-state index contributed by atoms with van der Waals surface area (Å²) in [6.07, 6.45) is 1.45. The summed E-state index contributed by atoms with van der Waals surface area (Å²) in [5.74, 6) is -0.488. The summed E-state index contributed by atoms with van der Waals surface area (Å²) in [6, 6.07) is 2.71. The van der Waals surface area contributed by atoms with Gasteiger partial charge in [0.05, 0.1) is 24.5 Å². The molecule has 1 saturated heterocycles. The number of hydrogen-bond donors (Lipinski definition) is 2. The number of aryl methyl sites for hydroxylation is 1. The van der Waals surface area contributed by atoms with Gasteiger partial charge in [-0.1, -0.05) is 0 Å². The third-order valence-electron chi connectivity index (χ3n) is 5.41. The van der Waals surface area contributed by atoms with E-state index in [1.54, 1.807) is 0 Å². The van der Waals surface area contributed by atoms with Gasteiger partial charge in [0.25, 0.3) is 17.3 Å². The summed E-state index contributed by atoms with van der Waals surface area (Å²) < 4.78 is 31.8. The Hall–Kier alpha value is -4.33. The van der Waals surface area contributed by atoms with E-state index in [1.165, 1.54) is 34.8 Å². The predicted octanol–water partition coefficient (Wildman–Crippen LogP) is 0.187. The molecule has 35 heavy (non-hydrogen) atoms. The summed E-state index contributed by atoms with van der Waals surface area (Å²) >= 11 is 0. The second kappa shape index (κ2) is 9.13. The summed E-state index contributed by atoms with van der Waals surface area (Å²) in [5.41, 5.74) is 0.327. The van der Waals surface area contributed by atoms with Gasteiger partial charge >= 0.3 is 6.09 Å². The van der Waals surface area contributed by atoms with Crippen LogP contribution < -0.4 is 30.6 Å². The van der Waals surface area contributed by atoms with Gasteiger partial charge in [-0.05, 0) is 12.1 Å². The Morgan fingerprint density at radius 1 is 1.26 bits per heavy atom. The van der Waals surface area contributed by atoms with Gasteiger partial charge in [0.15, 0.2) is 29.8 Å². The maximum atomic E-state index is 14.4. The van der Waals surface area contributed by atoms with Crippen LogP contribution in [0.4, 0.5) is 20.8 Å². The normalized spacial score (nSPS) is 17.1. The van der Waals surface area contributed by atoms with Crippen molar-refractivity contribution in [3.05, 3.63) is 40.7 Å². The number of carbonyl (C=O) groups is 2. The fraction of sp³-hybridized carbons (Fsp3) is 0.333. The van der Waals surface area contributed by atoms with Crippen molar-refractivity contribution in [2.75, 3.05) is 43.1 Å². The number of aromatic nitrogens is 4. The van der Waals surface area contributed by atoms with Crippen LogP contribution in [0, 0.1) is 5.82 Å². The highest BCUT2D eigenvalue weighted by Crippen LogP contribution is 2.28. The number of amides is 2. The molecule has 0 bridgehead atoms. The number of carbonyl (C=O) groups excluding carboxylic acids is 2. The summed E-state index contributed by atoms with van der Waals surface area (Å²) in [4.78, 5) is 49.3. The smallest absolute Gasteiger partial charge is 0.416 e. The van der Waals surface area contributed by atoms with Crippen molar-refractivity contribution in [2.45, 2.75) is 6.10 Å². The van der Waals surface area contributed by atoms with E-state index in [0.717, 1.165) is 6.20 Å². The molecule has 0 unspecified atom stereocenters. The molecule has 1 fully saturated rings. The van der Waals surface area contributed by atoms with Crippen molar-refractivity contribution < 1.29 is 28.2 Å². The van der Waals surface area contributed by atoms with E-state index in [2.05, 4.69) is 25.6 Å². The van der Waals surface area contributed by atoms with Crippen LogP contribution in [0.3, 0.4) is 0 Å². The minimum Gasteiger partial charge on any atom is -0.487 e. The Labute approximate surface area is 196 Å². The molecule has 182 valence electrons. The number of anilines is 2. The molecule has 0 saturated carbocycles. The minimum atomic E-state index is -0.603. The van der Waals surface area contributed by atoms with E-state index in [0.29, 0.717) is 18.6 Å². The second-order valence-electron chi connectivity index (χ2n) is 7.79. The lowest BCUT2D eigenvalue weighted by Crippen LogP contribution is -2.33. The SMILES string of the molecule is Cn1c(=O)cnc2ccc(F)c(OCCNC[C@H]3CN(c4cnc5c(n4)NC(=O)CO5)C(=O)O3)c21. The van der Waals surface area contributed by atoms with Crippen LogP contribution in [0.25, 0.3) is 11.0 Å². The van der Waals surface area contributed by atoms with E-state index in [-0.39, 0.29) is 60.0 Å². The number of halogens is 1. The first-order valence-electron chi connectivity index (χ1n) is 10.7. The van der Waals surface area contributed by atoms with Crippen LogP contribution in [0.2, 0.25) is 0 Å². The molecule has 14 heteroatoms. The van der Waals surface area contributed by atoms with Crippen LogP contribution in [0.15, 0.2) is 29.3 Å². The molecule has 13 nitrogen and oxygen atoms in total. The first-order valence-corrected chi connectivity index (χ1v) is 10.7. The molecular formula is C21H20FN7O6. The Morgan fingerprint density at radius 3 is 2.97 bits per heavy atom. The minimum absolute atomic E-state index is 0.0578. The number of nitrogens with one attached hydrogen (secondary N) is 2. The molecule has 2 N–H and O–H groups in total. The van der Waals surface area contributed by atoms with Crippen LogP contribution in [0.1, 0.15) is 0 Å². The molecule has 2 aliphatic rings. The number of fused-ring (bicyclic) bond motifs is 2. The average molecular weight is 485 g/mol. The summed E-state index contributed by atoms with van der Waals surface area (Å²) in [7, 11) is 1.52. The van der Waals surface area contributed by atoms with Gasteiger partial charge in [0, 0.05) is 20.1 Å². The van der Waals surface area contributed by atoms with Crippen LogP contribution >= 0.6 is 0 Å². The molecule has 2 amide bonds. The zero-order valence-electron chi connectivity index (χ0n) is 18.5. The fourth-order valence-electron chi connectivity index (χ4n) is 3.71. The molecule has 1 aromatic carbocycles. The molecule has 0 radical (unpaired) electrons. The lowest BCUT2D eigenvalue weighted by atomic mass is 10.2. The van der Waals surface area contributed by atoms with Gasteiger partial charge in [-0.25, -0.2) is 24.1 Å². The van der Waals surface area contributed by atoms with E-state index in [1.807, 2.05) is 0 Å². The van der Waals surface area contributed by atoms with Crippen molar-refractivity contribution in [1.82, 2.24) is 24.8 Å². The van der Waals surface area contributed by atoms with Crippen molar-refractivity contribution in [1.29, 1.82) is 0 Å². The number of hydrogen-bond acceptors (Lipinski definition) is 10. The third-order valence-corrected chi connectivity index (χ3v) is 5.41. The zero-order valence-corrected chi connectivity index (χ0v) is 18.5. The number of nitrogens with zero attached hydrogens (tertiary/aromatic N) is 5. The third kappa shape index (κ3) is 4.42. The summed E-state index contributed by atoms with van der Waals surface area (Å²) in [5, 5.41) is 5.63. The van der Waals surface area contributed by atoms with Gasteiger partial charge in [-0.2, -0.15) is 0 Å². The van der Waals surface area contributed by atoms with Gasteiger partial charge in [0.2, 0.25) is 0 Å². The fourth-order valence-corrected chi connectivity index (χ4v) is 3.71. The molecule has 5 rings (SSSR count). The molecule has 2 aliphatic heterocycles. The Bertz CT molecular complexity index is 1380. The van der Waals surface area contributed by atoms with Crippen LogP contribution in [0.5, 0.6) is 11.6 Å². The monoisotopic (exact) mass is 485 g/mol. The molecule has 0 aliphatic carbocycles. The van der Waals surface area contributed by atoms with Gasteiger partial charge in [-0.15, -0.1) is 0 Å². The first kappa shape index (κ1) is 22.5. The zero-order chi connectivity index (χ0) is 24.5. The van der Waals surface area contributed by atoms with Crippen LogP contribution in [-0.4, -0.2) is 70.5 Å². The van der Waals surface area contributed by atoms with Crippen LogP contribution in [-0.2, 0) is 16.6 Å². The number of benzene rings is 1. The quantitative estimate of drug-likeness (QED) is 0.444. The number of rotatable bonds is 7. The van der Waals surface area contributed by atoms with Gasteiger partial charge < -0.3 is 29.4 Å². The van der Waals surface area contributed by atoms with Crippen molar-refractivity contribution >= 4 is 34.7 Å². The van der Waals surface area contributed by atoms with Crippen molar-refractivity contribution in [2.24, 2.45) is 7.05 Å². The van der Waals surface area contributed by atoms with E-state index in [9.17, 15) is 18.8 Å². The van der Waals surface area contributed by atoms with Gasteiger partial charge in [0.1, 0.15) is 18.2 Å². The molecular weight excluding hydrogens is 465 g/mol. The molecule has 0 spiro atoms. The Kier molecular flexibility index (Phi) is 5.86. The maximum Gasteiger partial charge on any atom is 0.416 e. The Morgan fingerprint density at radius 2 is 2.11 bits per heavy atom. The number of cyclic esters (lactones) is 1. The molecule has 3 aromatic rings. The molecule has 4 heterocycles. The molecule has 1 atom stereocenters. The second-order valence-corrected chi connectivity index (χ2v) is 7.79. The average Bonchev–Trinajstić information content (AvgIpc) is 3.22. The predicted molar refractivity (Wildman–Crippen MR) is 119 cm³/mol. The highest BCUT2D eigenvalue weighted by atomic mass is 19.1. The van der Waals surface area contributed by atoms with Crippen molar-refractivity contribution in [3.8, 4) is 11.6 Å². The number of ether oxygens (including phenoxy) is 3. The topological polar surface area (TPSA) is 150 Å². The lowest BCUT2D eigenvalue weighted by Gasteiger charge is -2.18. The molecule has 2 aromatic heterocycles. The standard InChI is InChI=1S/C21H20FN7O6/c1-28-16(31)8-24-13-3-2-12(22)18(17(13)28)33-5-4-23-6-11-9-29(21(32)35-11)14-7-25-20-19(26-14)27-15(30)10-34-20/h2-3,7-8,11,23H,4-6,9-10H2,1H3,(H,26,27,30)/t11-/m0/s1.